The van der Waals surface area contributed by atoms with E-state index in [0.29, 0.717) is 11.6 Å². The van der Waals surface area contributed by atoms with Crippen LogP contribution in [0.5, 0.6) is 0 Å². The van der Waals surface area contributed by atoms with Crippen LogP contribution in [0.3, 0.4) is 0 Å². The molecule has 0 bridgehead atoms. The second-order valence-corrected chi connectivity index (χ2v) is 6.70. The molecule has 5 rings (SSSR count). The van der Waals surface area contributed by atoms with Crippen LogP contribution in [0.2, 0.25) is 0 Å². The zero-order chi connectivity index (χ0) is 17.7. The molecule has 3 aromatic heterocycles. The van der Waals surface area contributed by atoms with Gasteiger partial charge in [-0.25, -0.2) is 9.97 Å². The Balaban J connectivity index is 1.68. The molecule has 0 saturated carbocycles. The summed E-state index contributed by atoms with van der Waals surface area (Å²) in [6.07, 6.45) is 6.52. The minimum absolute atomic E-state index is 0.433. The summed E-state index contributed by atoms with van der Waals surface area (Å²) >= 11 is 0. The Morgan fingerprint density at radius 2 is 2.12 bits per heavy atom. The fourth-order valence-electron chi connectivity index (χ4n) is 3.81. The molecule has 4 aromatic rings. The van der Waals surface area contributed by atoms with Gasteiger partial charge >= 0.3 is 0 Å². The van der Waals surface area contributed by atoms with Crippen LogP contribution < -0.4 is 4.90 Å². The minimum Gasteiger partial charge on any atom is -0.353 e. The van der Waals surface area contributed by atoms with Gasteiger partial charge in [-0.3, -0.25) is 4.40 Å². The third-order valence-electron chi connectivity index (χ3n) is 5.26. The van der Waals surface area contributed by atoms with Crippen molar-refractivity contribution in [3.8, 4) is 6.07 Å². The molecule has 0 N–H and O–H groups in total. The summed E-state index contributed by atoms with van der Waals surface area (Å²) < 4.78 is 4.29. The van der Waals surface area contributed by atoms with Crippen LogP contribution in [0.1, 0.15) is 24.1 Å². The average Bonchev–Trinajstić information content (AvgIpc) is 3.27. The number of benzene rings is 1. The number of aromatic nitrogens is 4. The van der Waals surface area contributed by atoms with Gasteiger partial charge < -0.3 is 9.47 Å². The van der Waals surface area contributed by atoms with Gasteiger partial charge in [0, 0.05) is 25.5 Å². The van der Waals surface area contributed by atoms with Crippen molar-refractivity contribution < 1.29 is 0 Å². The lowest BCUT2D eigenvalue weighted by molar-refractivity contribution is 0.396. The topological polar surface area (TPSA) is 62.1 Å². The van der Waals surface area contributed by atoms with Gasteiger partial charge in [0.25, 0.3) is 0 Å². The Kier molecular flexibility index (Phi) is 3.22. The van der Waals surface area contributed by atoms with Crippen molar-refractivity contribution >= 4 is 22.5 Å². The maximum Gasteiger partial charge on any atom is 0.157 e. The summed E-state index contributed by atoms with van der Waals surface area (Å²) in [6, 6.07) is 13.0. The third-order valence-corrected chi connectivity index (χ3v) is 5.26. The number of hydrogen-bond acceptors (Lipinski definition) is 4. The summed E-state index contributed by atoms with van der Waals surface area (Å²) in [7, 11) is 0. The highest BCUT2D eigenvalue weighted by atomic mass is 15.3. The van der Waals surface area contributed by atoms with Crippen LogP contribution in [-0.4, -0.2) is 32.0 Å². The van der Waals surface area contributed by atoms with E-state index >= 15 is 0 Å². The van der Waals surface area contributed by atoms with E-state index in [0.717, 1.165) is 47.6 Å². The van der Waals surface area contributed by atoms with Crippen LogP contribution in [0.4, 0.5) is 5.82 Å². The van der Waals surface area contributed by atoms with Crippen LogP contribution in [0.15, 0.2) is 49.1 Å². The van der Waals surface area contributed by atoms with Crippen molar-refractivity contribution in [1.29, 1.82) is 5.26 Å². The molecule has 1 aromatic carbocycles. The number of nitrogens with zero attached hydrogens (tertiary/aromatic N) is 6. The predicted molar refractivity (Wildman–Crippen MR) is 100 cm³/mol. The molecule has 6 heteroatoms. The highest BCUT2D eigenvalue weighted by Crippen LogP contribution is 2.33. The van der Waals surface area contributed by atoms with E-state index in [4.69, 9.17) is 4.98 Å². The number of rotatable bonds is 3. The van der Waals surface area contributed by atoms with Crippen LogP contribution in [0.25, 0.3) is 16.7 Å². The van der Waals surface area contributed by atoms with Crippen molar-refractivity contribution in [2.75, 3.05) is 18.0 Å². The Hall–Kier alpha value is -3.33. The number of para-hydroxylation sites is 2. The Morgan fingerprint density at radius 3 is 2.85 bits per heavy atom. The van der Waals surface area contributed by atoms with Gasteiger partial charge in [-0.05, 0) is 30.2 Å². The molecule has 1 aliphatic rings. The molecule has 0 radical (unpaired) electrons. The summed E-state index contributed by atoms with van der Waals surface area (Å²) in [5, 5.41) is 9.71. The molecule has 0 unspecified atom stereocenters. The molecule has 26 heavy (non-hydrogen) atoms. The molecule has 1 aliphatic heterocycles. The fraction of sp³-hybridized carbons (Fsp3) is 0.250. The van der Waals surface area contributed by atoms with Crippen LogP contribution in [-0.2, 0) is 6.42 Å². The molecule has 6 nitrogen and oxygen atoms in total. The highest BCUT2D eigenvalue weighted by Gasteiger charge is 2.31. The van der Waals surface area contributed by atoms with Gasteiger partial charge in [0.2, 0.25) is 0 Å². The van der Waals surface area contributed by atoms with Crippen molar-refractivity contribution in [3.63, 3.8) is 0 Å². The molecule has 1 saturated heterocycles. The second-order valence-electron chi connectivity index (χ2n) is 6.70. The molecule has 128 valence electrons. The third kappa shape index (κ3) is 2.04. The zero-order valence-corrected chi connectivity index (χ0v) is 14.5. The molecule has 0 atom stereocenters. The number of aryl methyl sites for hydroxylation is 1. The number of nitriles is 1. The summed E-state index contributed by atoms with van der Waals surface area (Å²) in [4.78, 5) is 11.3. The largest absolute Gasteiger partial charge is 0.353 e. The standard InChI is InChI=1S/C20H18N6/c1-2-14-9-19(25-11-15(12-25)24-8-7-22-13-24)26-18-6-4-3-5-17(18)23-20(26)16(14)10-21/h3-9,13,15H,2,11-12H2,1H3. The van der Waals surface area contributed by atoms with Crippen molar-refractivity contribution in [3.05, 3.63) is 60.2 Å². The molecular formula is C20H18N6. The zero-order valence-electron chi connectivity index (χ0n) is 14.5. The van der Waals surface area contributed by atoms with Crippen molar-refractivity contribution in [2.24, 2.45) is 0 Å². The normalized spacial score (nSPS) is 14.7. The highest BCUT2D eigenvalue weighted by molar-refractivity contribution is 5.85. The lowest BCUT2D eigenvalue weighted by Gasteiger charge is -2.41. The maximum absolute atomic E-state index is 9.71. The first-order valence-electron chi connectivity index (χ1n) is 8.85. The smallest absolute Gasteiger partial charge is 0.157 e. The number of fused-ring (bicyclic) bond motifs is 3. The number of anilines is 1. The molecular weight excluding hydrogens is 324 g/mol. The van der Waals surface area contributed by atoms with E-state index in [1.165, 1.54) is 0 Å². The van der Waals surface area contributed by atoms with E-state index in [-0.39, 0.29) is 0 Å². The molecule has 1 fully saturated rings. The molecule has 0 spiro atoms. The predicted octanol–water partition coefficient (Wildman–Crippen LogP) is 3.18. The molecule has 0 aliphatic carbocycles. The minimum atomic E-state index is 0.433. The maximum atomic E-state index is 9.71. The van der Waals surface area contributed by atoms with Gasteiger partial charge in [0.1, 0.15) is 11.9 Å². The van der Waals surface area contributed by atoms with E-state index in [1.54, 1.807) is 0 Å². The second kappa shape index (κ2) is 5.60. The van der Waals surface area contributed by atoms with E-state index in [1.807, 2.05) is 36.9 Å². The molecule has 0 amide bonds. The van der Waals surface area contributed by atoms with E-state index in [9.17, 15) is 5.26 Å². The summed E-state index contributed by atoms with van der Waals surface area (Å²) in [5.41, 5.74) is 4.46. The lowest BCUT2D eigenvalue weighted by Crippen LogP contribution is -2.48. The lowest BCUT2D eigenvalue weighted by atomic mass is 10.0. The number of imidazole rings is 2. The van der Waals surface area contributed by atoms with Crippen molar-refractivity contribution in [1.82, 2.24) is 18.9 Å². The van der Waals surface area contributed by atoms with Crippen LogP contribution >= 0.6 is 0 Å². The summed E-state index contributed by atoms with van der Waals surface area (Å²) in [5.74, 6) is 1.11. The Labute approximate surface area is 150 Å². The first-order chi connectivity index (χ1) is 12.8. The van der Waals surface area contributed by atoms with Gasteiger partial charge in [0.15, 0.2) is 5.65 Å². The quantitative estimate of drug-likeness (QED) is 0.574. The Bertz CT molecular complexity index is 1140. The number of hydrogen-bond donors (Lipinski definition) is 0. The van der Waals surface area contributed by atoms with Gasteiger partial charge in [-0.2, -0.15) is 5.26 Å². The first kappa shape index (κ1) is 15.0. The number of pyridine rings is 1. The fourth-order valence-corrected chi connectivity index (χ4v) is 3.81. The average molecular weight is 342 g/mol. The van der Waals surface area contributed by atoms with Crippen molar-refractivity contribution in [2.45, 2.75) is 19.4 Å². The monoisotopic (exact) mass is 342 g/mol. The van der Waals surface area contributed by atoms with Gasteiger partial charge in [-0.1, -0.05) is 19.1 Å². The SMILES string of the molecule is CCc1cc(N2CC(n3ccnc3)C2)n2c(nc3ccccc32)c1C#N. The van der Waals surface area contributed by atoms with Gasteiger partial charge in [-0.15, -0.1) is 0 Å². The van der Waals surface area contributed by atoms with Gasteiger partial charge in [0.05, 0.1) is 29.0 Å². The van der Waals surface area contributed by atoms with Crippen LogP contribution in [0, 0.1) is 11.3 Å². The Morgan fingerprint density at radius 1 is 1.27 bits per heavy atom. The van der Waals surface area contributed by atoms with E-state index in [2.05, 4.69) is 44.0 Å². The first-order valence-corrected chi connectivity index (χ1v) is 8.85. The summed E-state index contributed by atoms with van der Waals surface area (Å²) in [6.45, 7) is 3.93. The molecule has 4 heterocycles. The van der Waals surface area contributed by atoms with E-state index < -0.39 is 0 Å².